The van der Waals surface area contributed by atoms with E-state index in [2.05, 4.69) is 27.9 Å². The largest absolute Gasteiger partial charge is 0.341 e. The number of aromatic nitrogens is 5. The van der Waals surface area contributed by atoms with Crippen molar-refractivity contribution >= 4 is 41.9 Å². The van der Waals surface area contributed by atoms with Gasteiger partial charge in [0.2, 0.25) is 5.95 Å². The van der Waals surface area contributed by atoms with Gasteiger partial charge in [-0.1, -0.05) is 5.92 Å². The summed E-state index contributed by atoms with van der Waals surface area (Å²) in [6.07, 6.45) is 3.38. The molecule has 0 spiro atoms. The lowest BCUT2D eigenvalue weighted by Crippen LogP contribution is -2.44. The van der Waals surface area contributed by atoms with E-state index in [1.54, 1.807) is 30.7 Å². The fraction of sp³-hybridized carbons (Fsp3) is 0.409. The normalized spacial score (nSPS) is 15.0. The van der Waals surface area contributed by atoms with Crippen molar-refractivity contribution in [1.82, 2.24) is 23.7 Å². The van der Waals surface area contributed by atoms with Gasteiger partial charge in [-0.25, -0.2) is 4.79 Å². The summed E-state index contributed by atoms with van der Waals surface area (Å²) in [6, 6.07) is 5.32. The maximum Gasteiger partial charge on any atom is 0.332 e. The first-order chi connectivity index (χ1) is 15.5. The zero-order valence-corrected chi connectivity index (χ0v) is 20.5. The van der Waals surface area contributed by atoms with Gasteiger partial charge in [-0.2, -0.15) is 10.2 Å². The van der Waals surface area contributed by atoms with Gasteiger partial charge in [0.1, 0.15) is 6.07 Å². The lowest BCUT2D eigenvalue weighted by atomic mass is 10.1. The molecule has 2 N–H and O–H groups in total. The summed E-state index contributed by atoms with van der Waals surface area (Å²) in [7, 11) is 1.58. The fourth-order valence-corrected chi connectivity index (χ4v) is 4.06. The summed E-state index contributed by atoms with van der Waals surface area (Å²) in [5.74, 6) is 6.45. The highest BCUT2D eigenvalue weighted by Gasteiger charge is 2.26. The zero-order valence-electron chi connectivity index (χ0n) is 18.9. The van der Waals surface area contributed by atoms with Crippen LogP contribution in [0.25, 0.3) is 11.2 Å². The Morgan fingerprint density at radius 2 is 2.03 bits per heavy atom. The molecule has 0 unspecified atom stereocenters. The molecular weight excluding hydrogens is 479 g/mol. The number of aryl methyl sites for hydroxylation is 1. The van der Waals surface area contributed by atoms with E-state index < -0.39 is 11.2 Å². The number of imidazole rings is 1. The van der Waals surface area contributed by atoms with Crippen LogP contribution in [0.5, 0.6) is 0 Å². The number of nitrogens with zero attached hydrogens (tertiary/aromatic N) is 7. The molecule has 4 rings (SSSR count). The topological polar surface area (TPSA) is 128 Å². The third-order valence-corrected chi connectivity index (χ3v) is 5.69. The van der Waals surface area contributed by atoms with Crippen LogP contribution in [0.4, 0.5) is 5.95 Å². The Balaban J connectivity index is 0.00000204. The van der Waals surface area contributed by atoms with E-state index in [0.29, 0.717) is 34.9 Å². The standard InChI is InChI=1S/C22H24N8O2.2ClH/c1-3-4-11-29-18-19(26-21(29)28-10-6-8-16(24)13-28)27(2)22(32)30(20(18)31)14-17-15(12-23)7-5-9-25-17;;/h5,7,9,16H,6,8,10-11,13-14,24H2,1-2H3;2*1H/t16-;;/m0../s1. The summed E-state index contributed by atoms with van der Waals surface area (Å²) in [4.78, 5) is 37.5. The van der Waals surface area contributed by atoms with E-state index in [0.717, 1.165) is 24.0 Å². The minimum atomic E-state index is -0.523. The van der Waals surface area contributed by atoms with E-state index in [9.17, 15) is 14.9 Å². The van der Waals surface area contributed by atoms with Crippen molar-refractivity contribution in [2.45, 2.75) is 38.9 Å². The number of halogens is 2. The van der Waals surface area contributed by atoms with E-state index >= 15 is 0 Å². The molecule has 1 aliphatic rings. The van der Waals surface area contributed by atoms with E-state index in [1.165, 1.54) is 10.8 Å². The number of hydrogen-bond donors (Lipinski definition) is 1. The maximum absolute atomic E-state index is 13.5. The van der Waals surface area contributed by atoms with Gasteiger partial charge >= 0.3 is 5.69 Å². The SMILES string of the molecule is CC#CCn1c(N2CCC[C@H](N)C2)nc2c1c(=O)n(Cc1ncccc1C#N)c(=O)n2C.Cl.Cl. The number of anilines is 1. The Morgan fingerprint density at radius 1 is 1.26 bits per heavy atom. The quantitative estimate of drug-likeness (QED) is 0.524. The second kappa shape index (κ2) is 11.2. The third-order valence-electron chi connectivity index (χ3n) is 5.69. The number of pyridine rings is 1. The first-order valence-corrected chi connectivity index (χ1v) is 10.4. The average molecular weight is 505 g/mol. The van der Waals surface area contributed by atoms with Crippen molar-refractivity contribution in [2.24, 2.45) is 12.8 Å². The van der Waals surface area contributed by atoms with Crippen LogP contribution in [0.15, 0.2) is 27.9 Å². The number of fused-ring (bicyclic) bond motifs is 1. The van der Waals surface area contributed by atoms with E-state index in [-0.39, 0.29) is 43.9 Å². The summed E-state index contributed by atoms with van der Waals surface area (Å²) in [5.41, 5.74) is 6.41. The molecule has 12 heteroatoms. The van der Waals surface area contributed by atoms with Crippen LogP contribution in [0.2, 0.25) is 0 Å². The highest BCUT2D eigenvalue weighted by molar-refractivity contribution is 5.85. The second-order valence-electron chi connectivity index (χ2n) is 7.79. The van der Waals surface area contributed by atoms with Gasteiger partial charge in [0, 0.05) is 32.4 Å². The number of nitriles is 1. The zero-order chi connectivity index (χ0) is 22.8. The number of piperidine rings is 1. The summed E-state index contributed by atoms with van der Waals surface area (Å²) in [6.45, 7) is 3.26. The van der Waals surface area contributed by atoms with E-state index in [4.69, 9.17) is 5.73 Å². The summed E-state index contributed by atoms with van der Waals surface area (Å²) >= 11 is 0. The molecule has 0 saturated carbocycles. The molecule has 3 aromatic rings. The molecule has 10 nitrogen and oxygen atoms in total. The minimum absolute atomic E-state index is 0. The highest BCUT2D eigenvalue weighted by Crippen LogP contribution is 2.22. The molecule has 0 amide bonds. The molecule has 1 atom stereocenters. The monoisotopic (exact) mass is 504 g/mol. The first-order valence-electron chi connectivity index (χ1n) is 10.4. The van der Waals surface area contributed by atoms with Crippen LogP contribution in [0.3, 0.4) is 0 Å². The lowest BCUT2D eigenvalue weighted by Gasteiger charge is -2.31. The van der Waals surface area contributed by atoms with Gasteiger partial charge < -0.3 is 10.6 Å². The Bertz CT molecular complexity index is 1410. The number of hydrogen-bond acceptors (Lipinski definition) is 7. The Morgan fingerprint density at radius 3 is 2.71 bits per heavy atom. The second-order valence-corrected chi connectivity index (χ2v) is 7.79. The molecule has 1 saturated heterocycles. The smallest absolute Gasteiger partial charge is 0.332 e. The van der Waals surface area contributed by atoms with Crippen LogP contribution in [0.1, 0.15) is 31.0 Å². The maximum atomic E-state index is 13.5. The van der Waals surface area contributed by atoms with Crippen molar-refractivity contribution in [3.8, 4) is 17.9 Å². The summed E-state index contributed by atoms with van der Waals surface area (Å²) in [5, 5.41) is 9.37. The molecule has 0 bridgehead atoms. The molecule has 180 valence electrons. The number of rotatable bonds is 4. The Kier molecular flexibility index (Phi) is 8.88. The average Bonchev–Trinajstić information content (AvgIpc) is 3.19. The number of nitrogens with two attached hydrogens (primary N) is 1. The van der Waals surface area contributed by atoms with Gasteiger partial charge in [0.05, 0.1) is 24.3 Å². The summed E-state index contributed by atoms with van der Waals surface area (Å²) < 4.78 is 4.20. The van der Waals surface area contributed by atoms with Crippen LogP contribution in [-0.4, -0.2) is 42.8 Å². The highest BCUT2D eigenvalue weighted by atomic mass is 35.5. The van der Waals surface area contributed by atoms with Crippen LogP contribution in [-0.2, 0) is 20.1 Å². The van der Waals surface area contributed by atoms with Crippen molar-refractivity contribution in [3.05, 3.63) is 50.4 Å². The van der Waals surface area contributed by atoms with Gasteiger partial charge in [-0.15, -0.1) is 30.7 Å². The van der Waals surface area contributed by atoms with Crippen molar-refractivity contribution in [2.75, 3.05) is 18.0 Å². The van der Waals surface area contributed by atoms with E-state index in [1.807, 2.05) is 4.90 Å². The van der Waals surface area contributed by atoms with Gasteiger partial charge in [0.15, 0.2) is 11.2 Å². The minimum Gasteiger partial charge on any atom is -0.341 e. The first kappa shape index (κ1) is 26.9. The van der Waals surface area contributed by atoms with Crippen molar-refractivity contribution < 1.29 is 0 Å². The molecule has 1 fully saturated rings. The van der Waals surface area contributed by atoms with Gasteiger partial charge in [0.25, 0.3) is 5.56 Å². The predicted molar refractivity (Wildman–Crippen MR) is 135 cm³/mol. The third kappa shape index (κ3) is 4.80. The fourth-order valence-electron chi connectivity index (χ4n) is 4.06. The molecule has 4 heterocycles. The predicted octanol–water partition coefficient (Wildman–Crippen LogP) is 1.01. The van der Waals surface area contributed by atoms with Crippen molar-refractivity contribution in [3.63, 3.8) is 0 Å². The van der Waals surface area contributed by atoms with Crippen molar-refractivity contribution in [1.29, 1.82) is 5.26 Å². The molecule has 0 radical (unpaired) electrons. The molecular formula is C22H26Cl2N8O2. The van der Waals surface area contributed by atoms with Gasteiger partial charge in [-0.05, 0) is 31.9 Å². The Hall–Kier alpha value is -3.31. The molecule has 3 aromatic heterocycles. The van der Waals surface area contributed by atoms with Crippen LogP contribution >= 0.6 is 24.8 Å². The molecule has 34 heavy (non-hydrogen) atoms. The molecule has 0 aromatic carbocycles. The van der Waals surface area contributed by atoms with Crippen LogP contribution < -0.4 is 21.9 Å². The molecule has 1 aliphatic heterocycles. The van der Waals surface area contributed by atoms with Crippen LogP contribution in [0, 0.1) is 23.2 Å². The van der Waals surface area contributed by atoms with Gasteiger partial charge in [-0.3, -0.25) is 23.5 Å². The lowest BCUT2D eigenvalue weighted by molar-refractivity contribution is 0.496. The Labute approximate surface area is 208 Å². The molecule has 0 aliphatic carbocycles.